The molecule has 15 heavy (non-hydrogen) atoms. The first kappa shape index (κ1) is 11.3. The molecule has 1 aromatic carbocycles. The highest BCUT2D eigenvalue weighted by molar-refractivity contribution is 5.53. The van der Waals surface area contributed by atoms with Crippen LogP contribution in [-0.2, 0) is 0 Å². The maximum Gasteiger partial charge on any atom is 0.116 e. The van der Waals surface area contributed by atoms with Crippen LogP contribution in [0.4, 0.5) is 0 Å². The highest BCUT2D eigenvalue weighted by Gasteiger charge is 1.89. The molecule has 1 N–H and O–H groups in total. The molecule has 0 unspecified atom stereocenters. The number of aryl methyl sites for hydroxylation is 1. The zero-order chi connectivity index (χ0) is 11.1. The summed E-state index contributed by atoms with van der Waals surface area (Å²) >= 11 is 0. The van der Waals surface area contributed by atoms with Crippen LogP contribution in [-0.4, -0.2) is 5.11 Å². The van der Waals surface area contributed by atoms with Gasteiger partial charge in [-0.1, -0.05) is 48.1 Å². The van der Waals surface area contributed by atoms with E-state index in [1.165, 1.54) is 5.56 Å². The summed E-state index contributed by atoms with van der Waals surface area (Å²) in [6, 6.07) is 8.01. The Morgan fingerprint density at radius 2 is 1.80 bits per heavy atom. The minimum Gasteiger partial charge on any atom is -0.508 e. The first-order valence-electron chi connectivity index (χ1n) is 4.99. The third-order valence-electron chi connectivity index (χ3n) is 1.96. The van der Waals surface area contributed by atoms with Gasteiger partial charge in [0.1, 0.15) is 5.76 Å². The van der Waals surface area contributed by atoms with E-state index >= 15 is 0 Å². The van der Waals surface area contributed by atoms with Gasteiger partial charge in [-0.25, -0.2) is 0 Å². The molecule has 0 saturated carbocycles. The molecule has 0 aliphatic rings. The monoisotopic (exact) mass is 200 g/mol. The number of benzene rings is 1. The minimum atomic E-state index is 0.261. The molecule has 0 bridgehead atoms. The van der Waals surface area contributed by atoms with Crippen LogP contribution < -0.4 is 0 Å². The number of hydrogen-bond acceptors (Lipinski definition) is 1. The number of allylic oxidation sites excluding steroid dienone is 4. The predicted molar refractivity (Wildman–Crippen MR) is 65.7 cm³/mol. The summed E-state index contributed by atoms with van der Waals surface area (Å²) in [6.45, 7) is 3.98. The Morgan fingerprint density at radius 3 is 2.40 bits per heavy atom. The first-order chi connectivity index (χ1) is 7.22. The van der Waals surface area contributed by atoms with E-state index in [2.05, 4.69) is 0 Å². The average molecular weight is 200 g/mol. The molecule has 0 atom stereocenters. The Balaban J connectivity index is 2.74. The summed E-state index contributed by atoms with van der Waals surface area (Å²) in [7, 11) is 0. The Hall–Kier alpha value is -1.76. The second-order valence-corrected chi connectivity index (χ2v) is 3.36. The molecule has 1 heteroatoms. The van der Waals surface area contributed by atoms with Gasteiger partial charge in [0.2, 0.25) is 0 Å². The van der Waals surface area contributed by atoms with Crippen molar-refractivity contribution in [1.29, 1.82) is 0 Å². The van der Waals surface area contributed by atoms with Crippen LogP contribution >= 0.6 is 0 Å². The number of aliphatic hydroxyl groups is 1. The molecule has 1 rings (SSSR count). The molecule has 1 nitrogen and oxygen atoms in total. The van der Waals surface area contributed by atoms with Gasteiger partial charge in [-0.2, -0.15) is 0 Å². The summed E-state index contributed by atoms with van der Waals surface area (Å²) in [5.41, 5.74) is 2.22. The molecule has 0 spiro atoms. The van der Waals surface area contributed by atoms with Crippen molar-refractivity contribution in [2.24, 2.45) is 0 Å². The zero-order valence-corrected chi connectivity index (χ0v) is 9.14. The van der Waals surface area contributed by atoms with E-state index in [0.29, 0.717) is 0 Å². The molecule has 0 fully saturated rings. The number of hydrogen-bond donors (Lipinski definition) is 1. The van der Waals surface area contributed by atoms with Gasteiger partial charge in [0.25, 0.3) is 0 Å². The summed E-state index contributed by atoms with van der Waals surface area (Å²) in [4.78, 5) is 0. The second kappa shape index (κ2) is 5.86. The van der Waals surface area contributed by atoms with Crippen LogP contribution in [0, 0.1) is 6.92 Å². The minimum absolute atomic E-state index is 0.261. The lowest BCUT2D eigenvalue weighted by Crippen LogP contribution is -1.77. The first-order valence-corrected chi connectivity index (χ1v) is 4.99. The Morgan fingerprint density at radius 1 is 1.13 bits per heavy atom. The SMILES string of the molecule is CC=CC=CC(O)=Cc1ccc(C)cc1. The standard InChI is InChI=1S/C14H16O/c1-3-4-5-6-14(15)11-13-9-7-12(2)8-10-13/h3-11,15H,1-2H3. The van der Waals surface area contributed by atoms with E-state index in [1.54, 1.807) is 18.2 Å². The second-order valence-electron chi connectivity index (χ2n) is 3.36. The van der Waals surface area contributed by atoms with Gasteiger partial charge in [-0.05, 0) is 31.6 Å². The molecule has 0 heterocycles. The van der Waals surface area contributed by atoms with Crippen LogP contribution in [0.5, 0.6) is 0 Å². The van der Waals surface area contributed by atoms with Crippen LogP contribution in [0.2, 0.25) is 0 Å². The number of aliphatic hydroxyl groups excluding tert-OH is 1. The van der Waals surface area contributed by atoms with E-state index in [9.17, 15) is 5.11 Å². The van der Waals surface area contributed by atoms with Gasteiger partial charge >= 0.3 is 0 Å². The summed E-state index contributed by atoms with van der Waals surface area (Å²) < 4.78 is 0. The van der Waals surface area contributed by atoms with Gasteiger partial charge in [-0.3, -0.25) is 0 Å². The topological polar surface area (TPSA) is 20.2 Å². The summed E-state index contributed by atoms with van der Waals surface area (Å²) in [5.74, 6) is 0.261. The normalized spacial score (nSPS) is 12.8. The molecule has 78 valence electrons. The van der Waals surface area contributed by atoms with Crippen molar-refractivity contribution < 1.29 is 5.11 Å². The maximum absolute atomic E-state index is 9.54. The fraction of sp³-hybridized carbons (Fsp3) is 0.143. The van der Waals surface area contributed by atoms with Gasteiger partial charge in [-0.15, -0.1) is 0 Å². The highest BCUT2D eigenvalue weighted by Crippen LogP contribution is 2.07. The van der Waals surface area contributed by atoms with Gasteiger partial charge < -0.3 is 5.11 Å². The van der Waals surface area contributed by atoms with E-state index in [1.807, 2.05) is 50.3 Å². The third kappa shape index (κ3) is 4.32. The van der Waals surface area contributed by atoms with Gasteiger partial charge in [0.15, 0.2) is 0 Å². The molecule has 0 aliphatic heterocycles. The van der Waals surface area contributed by atoms with Crippen molar-refractivity contribution in [2.45, 2.75) is 13.8 Å². The molecule has 0 aromatic heterocycles. The van der Waals surface area contributed by atoms with Crippen LogP contribution in [0.25, 0.3) is 6.08 Å². The Labute approximate surface area is 91.1 Å². The highest BCUT2D eigenvalue weighted by atomic mass is 16.3. The largest absolute Gasteiger partial charge is 0.508 e. The van der Waals surface area contributed by atoms with Crippen molar-refractivity contribution in [3.05, 3.63) is 65.5 Å². The zero-order valence-electron chi connectivity index (χ0n) is 9.14. The van der Waals surface area contributed by atoms with Crippen LogP contribution in [0.3, 0.4) is 0 Å². The summed E-state index contributed by atoms with van der Waals surface area (Å²) in [6.07, 6.45) is 8.99. The molecule has 0 radical (unpaired) electrons. The van der Waals surface area contributed by atoms with Crippen molar-refractivity contribution in [2.75, 3.05) is 0 Å². The summed E-state index contributed by atoms with van der Waals surface area (Å²) in [5, 5.41) is 9.54. The predicted octanol–water partition coefficient (Wildman–Crippen LogP) is 4.03. The Bertz CT molecular complexity index is 380. The fourth-order valence-corrected chi connectivity index (χ4v) is 1.15. The van der Waals surface area contributed by atoms with Crippen LogP contribution in [0.15, 0.2) is 54.3 Å². The lowest BCUT2D eigenvalue weighted by atomic mass is 10.1. The van der Waals surface area contributed by atoms with Crippen LogP contribution in [0.1, 0.15) is 18.1 Å². The lowest BCUT2D eigenvalue weighted by molar-refractivity contribution is 0.437. The molecule has 1 aromatic rings. The molecular weight excluding hydrogens is 184 g/mol. The van der Waals surface area contributed by atoms with E-state index in [0.717, 1.165) is 5.56 Å². The van der Waals surface area contributed by atoms with Gasteiger partial charge in [0.05, 0.1) is 0 Å². The van der Waals surface area contributed by atoms with E-state index in [-0.39, 0.29) is 5.76 Å². The number of rotatable bonds is 3. The van der Waals surface area contributed by atoms with E-state index in [4.69, 9.17) is 0 Å². The molecular formula is C14H16O. The van der Waals surface area contributed by atoms with Gasteiger partial charge in [0, 0.05) is 0 Å². The average Bonchev–Trinajstić information content (AvgIpc) is 2.22. The molecule has 0 aliphatic carbocycles. The smallest absolute Gasteiger partial charge is 0.116 e. The van der Waals surface area contributed by atoms with E-state index < -0.39 is 0 Å². The molecule has 0 amide bonds. The fourth-order valence-electron chi connectivity index (χ4n) is 1.15. The van der Waals surface area contributed by atoms with Crippen molar-refractivity contribution in [1.82, 2.24) is 0 Å². The van der Waals surface area contributed by atoms with Crippen molar-refractivity contribution >= 4 is 6.08 Å². The quantitative estimate of drug-likeness (QED) is 0.577. The maximum atomic E-state index is 9.54. The van der Waals surface area contributed by atoms with Crippen molar-refractivity contribution in [3.8, 4) is 0 Å². The Kier molecular flexibility index (Phi) is 4.42. The molecule has 0 saturated heterocycles. The third-order valence-corrected chi connectivity index (χ3v) is 1.96. The van der Waals surface area contributed by atoms with Crippen molar-refractivity contribution in [3.63, 3.8) is 0 Å². The lowest BCUT2D eigenvalue weighted by Gasteiger charge is -1.95.